The number of aromatic hydroxyl groups is 2. The van der Waals surface area contributed by atoms with Crippen LogP contribution < -0.4 is 19.5 Å². The van der Waals surface area contributed by atoms with Gasteiger partial charge < -0.3 is 34.8 Å². The summed E-state index contributed by atoms with van der Waals surface area (Å²) in [5, 5.41) is 34.6. The Balaban J connectivity index is 1.58. The maximum absolute atomic E-state index is 13.8. The number of hydrogen-bond donors (Lipinski definition) is 4. The van der Waals surface area contributed by atoms with Crippen LogP contribution in [0.4, 0.5) is 0 Å². The number of carbonyl (C=O) groups excluding carboxylic acids is 3. The molecule has 0 radical (unpaired) electrons. The van der Waals surface area contributed by atoms with E-state index in [-0.39, 0.29) is 52.6 Å². The van der Waals surface area contributed by atoms with E-state index in [0.717, 1.165) is 6.08 Å². The fourth-order valence-electron chi connectivity index (χ4n) is 4.65. The number of phenols is 2. The molecule has 2 aliphatic rings. The summed E-state index contributed by atoms with van der Waals surface area (Å²) in [6, 6.07) is 6.85. The van der Waals surface area contributed by atoms with E-state index in [1.807, 2.05) is 0 Å². The molecule has 4 N–H and O–H groups in total. The van der Waals surface area contributed by atoms with Crippen molar-refractivity contribution in [2.45, 2.75) is 39.2 Å². The molecule has 0 spiro atoms. The largest absolute Gasteiger partial charge is 0.507 e. The van der Waals surface area contributed by atoms with Gasteiger partial charge in [-0.2, -0.15) is 0 Å². The minimum Gasteiger partial charge on any atom is -0.507 e. The molecular formula is C28H29NO9. The molecule has 2 atom stereocenters. The van der Waals surface area contributed by atoms with Gasteiger partial charge in [0.15, 0.2) is 17.3 Å². The van der Waals surface area contributed by atoms with Crippen LogP contribution in [0.5, 0.6) is 28.7 Å². The lowest BCUT2D eigenvalue weighted by Gasteiger charge is -2.29. The van der Waals surface area contributed by atoms with Gasteiger partial charge >= 0.3 is 0 Å². The third kappa shape index (κ3) is 4.26. The van der Waals surface area contributed by atoms with Crippen LogP contribution in [0.3, 0.4) is 0 Å². The highest BCUT2D eigenvalue weighted by Gasteiger charge is 2.56. The fourth-order valence-corrected chi connectivity index (χ4v) is 4.65. The first-order valence-electron chi connectivity index (χ1n) is 11.9. The topological polar surface area (TPSA) is 152 Å². The molecule has 0 amide bonds. The van der Waals surface area contributed by atoms with Crippen LogP contribution >= 0.6 is 0 Å². The molecule has 0 aromatic heterocycles. The minimum absolute atomic E-state index is 0.0139. The lowest BCUT2D eigenvalue weighted by Crippen LogP contribution is -2.42. The minimum atomic E-state index is -1.61. The smallest absolute Gasteiger partial charge is 0.194 e. The molecule has 0 fully saturated rings. The maximum Gasteiger partial charge on any atom is 0.194 e. The van der Waals surface area contributed by atoms with Crippen molar-refractivity contribution in [1.82, 2.24) is 5.32 Å². The second kappa shape index (κ2) is 9.86. The number of allylic oxidation sites excluding steroid dienone is 4. The molecule has 2 aromatic carbocycles. The fraction of sp³-hybridized carbons (Fsp3) is 0.321. The molecule has 10 heteroatoms. The molecular weight excluding hydrogens is 494 g/mol. The van der Waals surface area contributed by atoms with Gasteiger partial charge in [0.05, 0.1) is 18.2 Å². The SMILES string of the molecule is COc1ccc(OC[C@@H](O)CN/C(C)=C2\C(=O)C=C3Oc4c(C(C)=O)c(O)c(C)c(O)c4[C@@]3(C)C2=O)cc1. The molecule has 10 nitrogen and oxygen atoms in total. The zero-order valence-electron chi connectivity index (χ0n) is 21.7. The Bertz CT molecular complexity index is 1400. The first-order valence-corrected chi connectivity index (χ1v) is 11.9. The first-order chi connectivity index (χ1) is 17.9. The number of Topliss-reactive ketones (excluding diaryl/α,β-unsaturated/α-hetero) is 2. The predicted octanol–water partition coefficient (Wildman–Crippen LogP) is 2.61. The van der Waals surface area contributed by atoms with Crippen molar-refractivity contribution >= 4 is 17.3 Å². The number of ether oxygens (including phenoxy) is 3. The van der Waals surface area contributed by atoms with E-state index in [2.05, 4.69) is 5.32 Å². The Labute approximate surface area is 219 Å². The van der Waals surface area contributed by atoms with E-state index >= 15 is 0 Å². The van der Waals surface area contributed by atoms with Gasteiger partial charge in [-0.05, 0) is 52.0 Å². The van der Waals surface area contributed by atoms with Gasteiger partial charge in [-0.1, -0.05) is 0 Å². The van der Waals surface area contributed by atoms with Crippen molar-refractivity contribution in [2.24, 2.45) is 0 Å². The van der Waals surface area contributed by atoms with Gasteiger partial charge in [0, 0.05) is 23.9 Å². The van der Waals surface area contributed by atoms with Crippen LogP contribution in [0.2, 0.25) is 0 Å². The number of fused-ring (bicyclic) bond motifs is 3. The number of carbonyl (C=O) groups is 3. The normalized spacial score (nSPS) is 20.1. The Kier molecular flexibility index (Phi) is 6.94. The lowest BCUT2D eigenvalue weighted by atomic mass is 9.70. The van der Waals surface area contributed by atoms with E-state index < -0.39 is 40.4 Å². The summed E-state index contributed by atoms with van der Waals surface area (Å²) in [5.74, 6) is -1.64. The zero-order valence-corrected chi connectivity index (χ0v) is 21.7. The van der Waals surface area contributed by atoms with Crippen molar-refractivity contribution in [3.05, 3.63) is 64.1 Å². The van der Waals surface area contributed by atoms with Crippen molar-refractivity contribution in [2.75, 3.05) is 20.3 Å². The number of methoxy groups -OCH3 is 1. The number of phenolic OH excluding ortho intramolecular Hbond substituents is 2. The number of hydrogen-bond acceptors (Lipinski definition) is 10. The van der Waals surface area contributed by atoms with Crippen LogP contribution in [0.25, 0.3) is 0 Å². The van der Waals surface area contributed by atoms with Crippen LogP contribution in [0, 0.1) is 6.92 Å². The van der Waals surface area contributed by atoms with Crippen molar-refractivity contribution in [3.63, 3.8) is 0 Å². The summed E-state index contributed by atoms with van der Waals surface area (Å²) >= 11 is 0. The van der Waals surface area contributed by atoms with E-state index in [0.29, 0.717) is 11.5 Å². The maximum atomic E-state index is 13.8. The Morgan fingerprint density at radius 1 is 1.11 bits per heavy atom. The Morgan fingerprint density at radius 2 is 1.74 bits per heavy atom. The van der Waals surface area contributed by atoms with Gasteiger partial charge in [-0.25, -0.2) is 0 Å². The Morgan fingerprint density at radius 3 is 2.34 bits per heavy atom. The summed E-state index contributed by atoms with van der Waals surface area (Å²) in [7, 11) is 1.55. The van der Waals surface area contributed by atoms with E-state index in [1.54, 1.807) is 31.4 Å². The van der Waals surface area contributed by atoms with Crippen LogP contribution in [-0.4, -0.2) is 59.0 Å². The number of ketones is 3. The number of nitrogens with one attached hydrogen (secondary N) is 1. The molecule has 0 saturated heterocycles. The third-order valence-electron chi connectivity index (χ3n) is 6.86. The third-order valence-corrected chi connectivity index (χ3v) is 6.86. The highest BCUT2D eigenvalue weighted by Crippen LogP contribution is 2.57. The molecule has 200 valence electrons. The van der Waals surface area contributed by atoms with Crippen molar-refractivity contribution in [1.29, 1.82) is 0 Å². The van der Waals surface area contributed by atoms with Gasteiger partial charge in [0.1, 0.15) is 58.2 Å². The standard InChI is InChI=1S/C28H29NO9/c1-13-24(33)22(15(3)30)26-23(25(13)34)28(4)20(38-26)10-19(32)21(27(28)35)14(2)29-11-16(31)12-37-18-8-6-17(36-5)7-9-18/h6-10,16,29,31,33-34H,11-12H2,1-5H3/b21-14+/t16-,28-/m0/s1. The molecule has 2 aromatic rings. The van der Waals surface area contributed by atoms with Crippen LogP contribution in [0.15, 0.2) is 47.4 Å². The first kappa shape index (κ1) is 26.7. The summed E-state index contributed by atoms with van der Waals surface area (Å²) in [6.45, 7) is 5.61. The highest BCUT2D eigenvalue weighted by molar-refractivity contribution is 6.31. The van der Waals surface area contributed by atoms with E-state index in [4.69, 9.17) is 14.2 Å². The van der Waals surface area contributed by atoms with Gasteiger partial charge in [-0.3, -0.25) is 14.4 Å². The lowest BCUT2D eigenvalue weighted by molar-refractivity contribution is -0.123. The number of benzene rings is 2. The molecule has 38 heavy (non-hydrogen) atoms. The zero-order chi connectivity index (χ0) is 27.9. The van der Waals surface area contributed by atoms with E-state index in [1.165, 1.54) is 27.7 Å². The molecule has 1 aliphatic heterocycles. The van der Waals surface area contributed by atoms with Crippen LogP contribution in [-0.2, 0) is 15.0 Å². The summed E-state index contributed by atoms with van der Waals surface area (Å²) in [6.07, 6.45) is 0.174. The predicted molar refractivity (Wildman–Crippen MR) is 136 cm³/mol. The number of rotatable bonds is 8. The van der Waals surface area contributed by atoms with Crippen LogP contribution in [0.1, 0.15) is 42.3 Å². The average molecular weight is 524 g/mol. The second-order valence-electron chi connectivity index (χ2n) is 9.41. The molecule has 1 heterocycles. The molecule has 4 rings (SSSR count). The quantitative estimate of drug-likeness (QED) is 0.231. The van der Waals surface area contributed by atoms with Crippen molar-refractivity contribution < 1.29 is 43.9 Å². The summed E-state index contributed by atoms with van der Waals surface area (Å²) in [4.78, 5) is 39.0. The summed E-state index contributed by atoms with van der Waals surface area (Å²) < 4.78 is 16.4. The molecule has 0 unspecified atom stereocenters. The summed E-state index contributed by atoms with van der Waals surface area (Å²) in [5.41, 5.74) is -1.71. The molecule has 0 bridgehead atoms. The van der Waals surface area contributed by atoms with Gasteiger partial charge in [0.2, 0.25) is 0 Å². The average Bonchev–Trinajstić information content (AvgIpc) is 3.17. The van der Waals surface area contributed by atoms with Crippen molar-refractivity contribution in [3.8, 4) is 28.7 Å². The highest BCUT2D eigenvalue weighted by atomic mass is 16.5. The Hall–Kier alpha value is -4.31. The van der Waals surface area contributed by atoms with Gasteiger partial charge in [-0.15, -0.1) is 0 Å². The molecule has 0 saturated carbocycles. The second-order valence-corrected chi connectivity index (χ2v) is 9.41. The monoisotopic (exact) mass is 523 g/mol. The molecule has 1 aliphatic carbocycles. The number of aliphatic hydroxyl groups excluding tert-OH is 1. The van der Waals surface area contributed by atoms with E-state index in [9.17, 15) is 29.7 Å². The number of aliphatic hydroxyl groups is 1. The van der Waals surface area contributed by atoms with Gasteiger partial charge in [0.25, 0.3) is 0 Å².